The Morgan fingerprint density at radius 1 is 1.58 bits per heavy atom. The average Bonchev–Trinajstić information content (AvgIpc) is 2.83. The van der Waals surface area contributed by atoms with Crippen LogP contribution in [0.25, 0.3) is 0 Å². The molecule has 1 amide bonds. The van der Waals surface area contributed by atoms with E-state index in [2.05, 4.69) is 5.32 Å². The highest BCUT2D eigenvalue weighted by atomic mass is 35.5. The Balaban J connectivity index is 0.00000324. The topological polar surface area (TPSA) is 111 Å². The van der Waals surface area contributed by atoms with Gasteiger partial charge < -0.3 is 15.5 Å². The highest BCUT2D eigenvalue weighted by Gasteiger charge is 2.19. The van der Waals surface area contributed by atoms with Crippen LogP contribution in [0.4, 0.5) is 5.88 Å². The van der Waals surface area contributed by atoms with Crippen molar-refractivity contribution in [1.82, 2.24) is 5.32 Å². The van der Waals surface area contributed by atoms with E-state index in [9.17, 15) is 14.9 Å². The molecule has 0 radical (unpaired) electrons. The van der Waals surface area contributed by atoms with Gasteiger partial charge in [-0.2, -0.15) is 0 Å². The fraction of sp³-hybridized carbons (Fsp3) is 0.545. The lowest BCUT2D eigenvalue weighted by Crippen LogP contribution is -2.40. The summed E-state index contributed by atoms with van der Waals surface area (Å²) in [6, 6.07) is 2.29. The van der Waals surface area contributed by atoms with Gasteiger partial charge in [-0.1, -0.05) is 19.8 Å². The summed E-state index contributed by atoms with van der Waals surface area (Å²) in [5, 5.41) is 13.1. The third-order valence-corrected chi connectivity index (χ3v) is 2.52. The molecule has 1 rings (SSSR count). The van der Waals surface area contributed by atoms with Gasteiger partial charge in [0.2, 0.25) is 0 Å². The molecule has 1 aromatic rings. The lowest BCUT2D eigenvalue weighted by Gasteiger charge is -2.15. The Bertz CT molecular complexity index is 422. The van der Waals surface area contributed by atoms with Crippen molar-refractivity contribution in [3.05, 3.63) is 28.0 Å². The first kappa shape index (κ1) is 17.4. The van der Waals surface area contributed by atoms with Crippen molar-refractivity contribution in [3.8, 4) is 0 Å². The van der Waals surface area contributed by atoms with Crippen molar-refractivity contribution in [2.45, 2.75) is 32.2 Å². The number of carbonyl (C=O) groups is 1. The second-order valence-electron chi connectivity index (χ2n) is 3.94. The number of nitrogens with one attached hydrogen (secondary N) is 1. The SMILES string of the molecule is CCCCC(CN)NC(=O)c1ccc([N+](=O)[O-])o1.Cl. The van der Waals surface area contributed by atoms with E-state index in [0.717, 1.165) is 25.3 Å². The summed E-state index contributed by atoms with van der Waals surface area (Å²) in [5.41, 5.74) is 5.54. The molecule has 0 aliphatic rings. The molecule has 0 saturated carbocycles. The molecule has 7 nitrogen and oxygen atoms in total. The van der Waals surface area contributed by atoms with Crippen LogP contribution < -0.4 is 11.1 Å². The van der Waals surface area contributed by atoms with Crippen LogP contribution in [0.5, 0.6) is 0 Å². The van der Waals surface area contributed by atoms with Crippen molar-refractivity contribution in [2.24, 2.45) is 5.73 Å². The first-order valence-corrected chi connectivity index (χ1v) is 5.83. The highest BCUT2D eigenvalue weighted by molar-refractivity contribution is 5.91. The maximum atomic E-state index is 11.7. The molecule has 1 atom stereocenters. The number of hydrogen-bond acceptors (Lipinski definition) is 5. The summed E-state index contributed by atoms with van der Waals surface area (Å²) < 4.78 is 4.80. The third kappa shape index (κ3) is 5.27. The van der Waals surface area contributed by atoms with Gasteiger partial charge in [-0.3, -0.25) is 14.9 Å². The Kier molecular flexibility index (Phi) is 7.78. The minimum absolute atomic E-state index is 0. The van der Waals surface area contributed by atoms with E-state index >= 15 is 0 Å². The van der Waals surface area contributed by atoms with E-state index < -0.39 is 16.7 Å². The molecule has 0 aliphatic heterocycles. The summed E-state index contributed by atoms with van der Waals surface area (Å²) >= 11 is 0. The van der Waals surface area contributed by atoms with Crippen LogP contribution in [0.15, 0.2) is 16.5 Å². The van der Waals surface area contributed by atoms with Crippen LogP contribution >= 0.6 is 12.4 Å². The van der Waals surface area contributed by atoms with Gasteiger partial charge in [-0.25, -0.2) is 0 Å². The van der Waals surface area contributed by atoms with E-state index in [1.807, 2.05) is 6.92 Å². The van der Waals surface area contributed by atoms with E-state index in [0.29, 0.717) is 6.54 Å². The quantitative estimate of drug-likeness (QED) is 0.588. The fourth-order valence-electron chi connectivity index (χ4n) is 1.50. The minimum atomic E-state index is -0.686. The summed E-state index contributed by atoms with van der Waals surface area (Å²) in [6.45, 7) is 2.37. The predicted molar refractivity (Wildman–Crippen MR) is 72.4 cm³/mol. The van der Waals surface area contributed by atoms with E-state index in [1.54, 1.807) is 0 Å². The van der Waals surface area contributed by atoms with Crippen LogP contribution in [0.2, 0.25) is 0 Å². The lowest BCUT2D eigenvalue weighted by atomic mass is 10.1. The smallest absolute Gasteiger partial charge is 0.395 e. The second-order valence-corrected chi connectivity index (χ2v) is 3.94. The number of nitrogens with two attached hydrogens (primary N) is 1. The Labute approximate surface area is 117 Å². The van der Waals surface area contributed by atoms with Crippen molar-refractivity contribution in [2.75, 3.05) is 6.54 Å². The molecule has 1 aromatic heterocycles. The van der Waals surface area contributed by atoms with Crippen LogP contribution in [0.1, 0.15) is 36.7 Å². The van der Waals surface area contributed by atoms with Crippen molar-refractivity contribution >= 4 is 24.2 Å². The third-order valence-electron chi connectivity index (χ3n) is 2.52. The van der Waals surface area contributed by atoms with Crippen LogP contribution in [-0.2, 0) is 0 Å². The number of nitrogens with zero attached hydrogens (tertiary/aromatic N) is 1. The molecule has 0 bridgehead atoms. The molecule has 0 aromatic carbocycles. The standard InChI is InChI=1S/C11H17N3O4.ClH/c1-2-3-4-8(7-12)13-11(15)9-5-6-10(18-9)14(16)17;/h5-6,8H,2-4,7,12H2,1H3,(H,13,15);1H. The molecule has 0 fully saturated rings. The predicted octanol–water partition coefficient (Wildman–Crippen LogP) is 1.86. The zero-order chi connectivity index (χ0) is 13.5. The summed E-state index contributed by atoms with van der Waals surface area (Å²) in [4.78, 5) is 21.5. The van der Waals surface area contributed by atoms with Gasteiger partial charge in [0.05, 0.1) is 6.07 Å². The molecule has 0 saturated heterocycles. The van der Waals surface area contributed by atoms with Crippen LogP contribution in [-0.4, -0.2) is 23.4 Å². The number of halogens is 1. The van der Waals surface area contributed by atoms with Gasteiger partial charge in [-0.15, -0.1) is 12.4 Å². The zero-order valence-corrected chi connectivity index (χ0v) is 11.4. The Morgan fingerprint density at radius 2 is 2.26 bits per heavy atom. The molecular weight excluding hydrogens is 274 g/mol. The summed E-state index contributed by atoms with van der Waals surface area (Å²) in [7, 11) is 0. The van der Waals surface area contributed by atoms with Gasteiger partial charge in [0.25, 0.3) is 5.91 Å². The van der Waals surface area contributed by atoms with E-state index in [4.69, 9.17) is 10.2 Å². The van der Waals surface area contributed by atoms with Crippen LogP contribution in [0.3, 0.4) is 0 Å². The second kappa shape index (κ2) is 8.49. The average molecular weight is 292 g/mol. The first-order chi connectivity index (χ1) is 8.58. The lowest BCUT2D eigenvalue weighted by molar-refractivity contribution is -0.402. The monoisotopic (exact) mass is 291 g/mol. The minimum Gasteiger partial charge on any atom is -0.395 e. The molecular formula is C11H18ClN3O4. The maximum absolute atomic E-state index is 11.7. The Morgan fingerprint density at radius 3 is 2.74 bits per heavy atom. The number of amides is 1. The number of unbranched alkanes of at least 4 members (excludes halogenated alkanes) is 1. The highest BCUT2D eigenvalue weighted by Crippen LogP contribution is 2.15. The molecule has 19 heavy (non-hydrogen) atoms. The molecule has 3 N–H and O–H groups in total. The Hall–Kier alpha value is -1.60. The number of furan rings is 1. The number of carbonyl (C=O) groups excluding carboxylic acids is 1. The summed E-state index contributed by atoms with van der Waals surface area (Å²) in [6.07, 6.45) is 2.75. The van der Waals surface area contributed by atoms with Gasteiger partial charge in [0.1, 0.15) is 4.92 Å². The zero-order valence-electron chi connectivity index (χ0n) is 10.6. The molecule has 108 valence electrons. The van der Waals surface area contributed by atoms with Gasteiger partial charge in [0.15, 0.2) is 5.76 Å². The van der Waals surface area contributed by atoms with Crippen molar-refractivity contribution < 1.29 is 14.1 Å². The van der Waals surface area contributed by atoms with Crippen molar-refractivity contribution in [1.29, 1.82) is 0 Å². The van der Waals surface area contributed by atoms with Gasteiger partial charge in [-0.05, 0) is 12.5 Å². The first-order valence-electron chi connectivity index (χ1n) is 5.83. The molecule has 0 aliphatic carbocycles. The van der Waals surface area contributed by atoms with Gasteiger partial charge >= 0.3 is 5.88 Å². The number of nitro groups is 1. The molecule has 0 spiro atoms. The number of rotatable bonds is 7. The van der Waals surface area contributed by atoms with E-state index in [-0.39, 0.29) is 24.2 Å². The normalized spacial score (nSPS) is 11.5. The van der Waals surface area contributed by atoms with Gasteiger partial charge in [0, 0.05) is 12.6 Å². The maximum Gasteiger partial charge on any atom is 0.433 e. The fourth-order valence-corrected chi connectivity index (χ4v) is 1.50. The molecule has 1 heterocycles. The largest absolute Gasteiger partial charge is 0.433 e. The van der Waals surface area contributed by atoms with E-state index in [1.165, 1.54) is 6.07 Å². The van der Waals surface area contributed by atoms with Crippen molar-refractivity contribution in [3.63, 3.8) is 0 Å². The molecule has 8 heteroatoms. The number of hydrogen-bond donors (Lipinski definition) is 2. The summed E-state index contributed by atoms with van der Waals surface area (Å²) in [5.74, 6) is -0.996. The molecule has 1 unspecified atom stereocenters. The van der Waals surface area contributed by atoms with Crippen LogP contribution in [0, 0.1) is 10.1 Å².